The van der Waals surface area contributed by atoms with Crippen LogP contribution in [0.4, 0.5) is 0 Å². The third-order valence-electron chi connectivity index (χ3n) is 11.2. The topological polar surface area (TPSA) is 80.3 Å². The molecular formula is C50H92O7. The molecule has 0 amide bonds. The molecule has 0 spiro atoms. The summed E-state index contributed by atoms with van der Waals surface area (Å²) < 4.78 is 30.2. The Morgan fingerprint density at radius 1 is 0.509 bits per heavy atom. The Balaban J connectivity index is 2.34. The molecule has 0 saturated carbocycles. The molecular weight excluding hydrogens is 713 g/mol. The normalized spacial score (nSPS) is 13.9. The molecule has 0 aliphatic heterocycles. The van der Waals surface area contributed by atoms with Crippen LogP contribution >= 0.6 is 0 Å². The molecule has 7 nitrogen and oxygen atoms in total. The first kappa shape index (κ1) is 53.3. The molecule has 0 bridgehead atoms. The van der Waals surface area contributed by atoms with Crippen LogP contribution < -0.4 is 0 Å². The zero-order valence-corrected chi connectivity index (χ0v) is 38.0. The molecule has 0 fully saturated rings. The summed E-state index contributed by atoms with van der Waals surface area (Å²) in [7, 11) is 0. The lowest BCUT2D eigenvalue weighted by atomic mass is 10.0. The van der Waals surface area contributed by atoms with Crippen molar-refractivity contribution in [2.24, 2.45) is 0 Å². The van der Waals surface area contributed by atoms with Gasteiger partial charge in [-0.3, -0.25) is 9.59 Å². The van der Waals surface area contributed by atoms with Gasteiger partial charge in [-0.2, -0.15) is 0 Å². The first-order valence-electron chi connectivity index (χ1n) is 24.5. The summed E-state index contributed by atoms with van der Waals surface area (Å²) in [5.41, 5.74) is 1.22. The summed E-state index contributed by atoms with van der Waals surface area (Å²) in [5, 5.41) is 0. The molecule has 0 N–H and O–H groups in total. The standard InChI is InChI=1S/C50H92O7/c1-5-9-12-15-18-26-35-46(8-4)56-49(51)38-30-23-32-41-55-48(44-54-42-45-33-24-21-25-34-45)43-53-40-31-22-29-39-50(52)57-47(36-27-19-16-13-10-6-2)37-28-20-17-14-11-7-3/h24,33-34,46-48H,5-23,25-32,35-44H2,1-4H3. The largest absolute Gasteiger partial charge is 0.462 e. The summed E-state index contributed by atoms with van der Waals surface area (Å²) in [6.45, 7) is 11.7. The maximum Gasteiger partial charge on any atom is 0.306 e. The van der Waals surface area contributed by atoms with E-state index in [1.165, 1.54) is 102 Å². The Morgan fingerprint density at radius 3 is 1.51 bits per heavy atom. The Labute approximate surface area is 352 Å². The molecule has 1 aliphatic carbocycles. The minimum absolute atomic E-state index is 0.0306. The highest BCUT2D eigenvalue weighted by Gasteiger charge is 2.16. The maximum absolute atomic E-state index is 12.8. The predicted molar refractivity (Wildman–Crippen MR) is 239 cm³/mol. The summed E-state index contributed by atoms with van der Waals surface area (Å²) in [6, 6.07) is 0. The van der Waals surface area contributed by atoms with Crippen molar-refractivity contribution in [1.29, 1.82) is 0 Å². The lowest BCUT2D eigenvalue weighted by Crippen LogP contribution is -2.27. The molecule has 0 radical (unpaired) electrons. The van der Waals surface area contributed by atoms with E-state index in [4.69, 9.17) is 23.7 Å². The van der Waals surface area contributed by atoms with Crippen molar-refractivity contribution in [3.63, 3.8) is 0 Å². The fraction of sp³-hybridized carbons (Fsp3) is 0.880. The van der Waals surface area contributed by atoms with Crippen molar-refractivity contribution in [3.05, 3.63) is 23.8 Å². The number of ether oxygens (including phenoxy) is 5. The lowest BCUT2D eigenvalue weighted by molar-refractivity contribution is -0.150. The van der Waals surface area contributed by atoms with Gasteiger partial charge >= 0.3 is 11.9 Å². The van der Waals surface area contributed by atoms with Gasteiger partial charge in [-0.05, 0) is 89.0 Å². The van der Waals surface area contributed by atoms with Crippen molar-refractivity contribution >= 4 is 11.9 Å². The zero-order chi connectivity index (χ0) is 41.3. The summed E-state index contributed by atoms with van der Waals surface area (Å²) >= 11 is 0. The van der Waals surface area contributed by atoms with Crippen LogP contribution in [0.5, 0.6) is 0 Å². The quantitative estimate of drug-likeness (QED) is 0.0448. The van der Waals surface area contributed by atoms with E-state index < -0.39 is 0 Å². The van der Waals surface area contributed by atoms with E-state index in [1.807, 2.05) is 0 Å². The highest BCUT2D eigenvalue weighted by molar-refractivity contribution is 5.69. The summed E-state index contributed by atoms with van der Waals surface area (Å²) in [5.74, 6) is -0.0930. The molecule has 57 heavy (non-hydrogen) atoms. The van der Waals surface area contributed by atoms with Crippen LogP contribution in [0, 0.1) is 0 Å². The minimum Gasteiger partial charge on any atom is -0.462 e. The Hall–Kier alpha value is -1.70. The van der Waals surface area contributed by atoms with Crippen LogP contribution in [-0.2, 0) is 33.3 Å². The van der Waals surface area contributed by atoms with E-state index in [2.05, 4.69) is 45.9 Å². The van der Waals surface area contributed by atoms with Crippen LogP contribution in [0.1, 0.15) is 233 Å². The molecule has 2 atom stereocenters. The second kappa shape index (κ2) is 41.1. The van der Waals surface area contributed by atoms with Crippen LogP contribution in [0.15, 0.2) is 23.8 Å². The molecule has 0 saturated heterocycles. The molecule has 2 unspecified atom stereocenters. The maximum atomic E-state index is 12.8. The number of hydrogen-bond donors (Lipinski definition) is 0. The first-order chi connectivity index (χ1) is 28.0. The number of unbranched alkanes of at least 4 members (excludes halogenated alkanes) is 19. The molecule has 1 rings (SSSR count). The van der Waals surface area contributed by atoms with Gasteiger partial charge in [-0.25, -0.2) is 0 Å². The van der Waals surface area contributed by atoms with Crippen molar-refractivity contribution < 1.29 is 33.3 Å². The molecule has 1 aliphatic rings. The van der Waals surface area contributed by atoms with Gasteiger partial charge in [0.1, 0.15) is 18.3 Å². The zero-order valence-electron chi connectivity index (χ0n) is 38.0. The van der Waals surface area contributed by atoms with Crippen LogP contribution in [-0.4, -0.2) is 63.3 Å². The van der Waals surface area contributed by atoms with Gasteiger partial charge in [0.05, 0.1) is 19.8 Å². The number of rotatable bonds is 43. The number of allylic oxidation sites excluding steroid dienone is 2. The average molecular weight is 805 g/mol. The Kier molecular flexibility index (Phi) is 38.4. The number of carbonyl (C=O) groups excluding carboxylic acids is 2. The van der Waals surface area contributed by atoms with Crippen LogP contribution in [0.3, 0.4) is 0 Å². The fourth-order valence-corrected chi connectivity index (χ4v) is 7.45. The molecule has 0 aromatic rings. The van der Waals surface area contributed by atoms with E-state index in [0.29, 0.717) is 45.9 Å². The molecule has 334 valence electrons. The van der Waals surface area contributed by atoms with Crippen LogP contribution in [0.2, 0.25) is 0 Å². The van der Waals surface area contributed by atoms with Gasteiger partial charge in [0.15, 0.2) is 0 Å². The van der Waals surface area contributed by atoms with Gasteiger partial charge in [0, 0.05) is 26.1 Å². The summed E-state index contributed by atoms with van der Waals surface area (Å²) in [4.78, 5) is 25.3. The lowest BCUT2D eigenvalue weighted by Gasteiger charge is -2.19. The van der Waals surface area contributed by atoms with E-state index in [9.17, 15) is 9.59 Å². The molecule has 7 heteroatoms. The predicted octanol–water partition coefficient (Wildman–Crippen LogP) is 14.3. The van der Waals surface area contributed by atoms with Crippen LogP contribution in [0.25, 0.3) is 0 Å². The highest BCUT2D eigenvalue weighted by Crippen LogP contribution is 2.19. The van der Waals surface area contributed by atoms with Gasteiger partial charge in [-0.1, -0.05) is 155 Å². The van der Waals surface area contributed by atoms with Crippen molar-refractivity contribution in [2.75, 3.05) is 33.0 Å². The molecule has 0 aromatic carbocycles. The van der Waals surface area contributed by atoms with Gasteiger partial charge < -0.3 is 23.7 Å². The van der Waals surface area contributed by atoms with Gasteiger partial charge in [-0.15, -0.1) is 0 Å². The van der Waals surface area contributed by atoms with E-state index in [-0.39, 0.29) is 30.3 Å². The fourth-order valence-electron chi connectivity index (χ4n) is 7.45. The third-order valence-corrected chi connectivity index (χ3v) is 11.2. The van der Waals surface area contributed by atoms with Gasteiger partial charge in [0.25, 0.3) is 0 Å². The van der Waals surface area contributed by atoms with Gasteiger partial charge in [0.2, 0.25) is 0 Å². The Morgan fingerprint density at radius 2 is 0.982 bits per heavy atom. The van der Waals surface area contributed by atoms with Crippen molar-refractivity contribution in [3.8, 4) is 0 Å². The van der Waals surface area contributed by atoms with E-state index >= 15 is 0 Å². The van der Waals surface area contributed by atoms with E-state index in [0.717, 1.165) is 96.3 Å². The molecule has 0 aromatic heterocycles. The Bertz CT molecular complexity index is 946. The monoisotopic (exact) mass is 805 g/mol. The number of esters is 2. The average Bonchev–Trinajstić information content (AvgIpc) is 3.22. The highest BCUT2D eigenvalue weighted by atomic mass is 16.6. The SMILES string of the molecule is CCCCCCCCC(CC)OC(=O)CCCCCOC(COCCCCCC(=O)OC(CCCCCCCC)CCCCCCCC)COCC1=CCCC=C1. The molecule has 0 heterocycles. The third kappa shape index (κ3) is 34.8. The van der Waals surface area contributed by atoms with Crippen molar-refractivity contribution in [2.45, 2.75) is 251 Å². The minimum atomic E-state index is -0.138. The second-order valence-corrected chi connectivity index (χ2v) is 16.8. The number of hydrogen-bond acceptors (Lipinski definition) is 7. The number of carbonyl (C=O) groups is 2. The van der Waals surface area contributed by atoms with E-state index in [1.54, 1.807) is 0 Å². The summed E-state index contributed by atoms with van der Waals surface area (Å²) in [6.07, 6.45) is 41.7. The first-order valence-corrected chi connectivity index (χ1v) is 24.5. The van der Waals surface area contributed by atoms with Crippen molar-refractivity contribution in [1.82, 2.24) is 0 Å². The smallest absolute Gasteiger partial charge is 0.306 e. The second-order valence-electron chi connectivity index (χ2n) is 16.8.